The van der Waals surface area contributed by atoms with Crippen LogP contribution < -0.4 is 0 Å². The van der Waals surface area contributed by atoms with Crippen LogP contribution in [0, 0.1) is 5.41 Å². The molecule has 1 aliphatic rings. The van der Waals surface area contributed by atoms with E-state index >= 15 is 0 Å². The molecule has 0 N–H and O–H groups in total. The van der Waals surface area contributed by atoms with E-state index in [4.69, 9.17) is 9.47 Å². The van der Waals surface area contributed by atoms with E-state index in [2.05, 4.69) is 20.8 Å². The highest BCUT2D eigenvalue weighted by molar-refractivity contribution is 5.96. The molecule has 0 radical (unpaired) electrons. The maximum atomic E-state index is 12.1. The van der Waals surface area contributed by atoms with Crippen LogP contribution >= 0.6 is 0 Å². The van der Waals surface area contributed by atoms with Gasteiger partial charge in [-0.3, -0.25) is 4.79 Å². The Morgan fingerprint density at radius 3 is 2.36 bits per heavy atom. The van der Waals surface area contributed by atoms with E-state index in [9.17, 15) is 4.79 Å². The number of ether oxygens (including phenoxy) is 2. The van der Waals surface area contributed by atoms with Crippen LogP contribution in [0.1, 0.15) is 62.4 Å². The van der Waals surface area contributed by atoms with E-state index in [-0.39, 0.29) is 17.5 Å². The fraction of sp³-hybridized carbons (Fsp3) is 0.632. The summed E-state index contributed by atoms with van der Waals surface area (Å²) in [5.41, 5.74) is 2.21. The third kappa shape index (κ3) is 5.22. The van der Waals surface area contributed by atoms with Crippen LogP contribution in [-0.4, -0.2) is 25.3 Å². The van der Waals surface area contributed by atoms with E-state index in [1.54, 1.807) is 0 Å². The molecular formula is C19H28O3. The zero-order valence-electron chi connectivity index (χ0n) is 14.1. The number of hydrogen-bond acceptors (Lipinski definition) is 3. The number of unbranched alkanes of at least 4 members (excludes halogenated alkanes) is 1. The van der Waals surface area contributed by atoms with E-state index in [1.165, 1.54) is 5.56 Å². The highest BCUT2D eigenvalue weighted by Crippen LogP contribution is 2.25. The van der Waals surface area contributed by atoms with Gasteiger partial charge in [0.2, 0.25) is 0 Å². The first-order valence-electron chi connectivity index (χ1n) is 8.35. The minimum atomic E-state index is -0.0908. The van der Waals surface area contributed by atoms with Gasteiger partial charge in [-0.25, -0.2) is 0 Å². The Hall–Kier alpha value is -1.19. The fourth-order valence-corrected chi connectivity index (χ4v) is 2.56. The zero-order chi connectivity index (χ0) is 16.0. The first-order chi connectivity index (χ1) is 10.5. The van der Waals surface area contributed by atoms with Crippen molar-refractivity contribution in [3.63, 3.8) is 0 Å². The van der Waals surface area contributed by atoms with Gasteiger partial charge in [-0.2, -0.15) is 0 Å². The molecular weight excluding hydrogens is 276 g/mol. The monoisotopic (exact) mass is 304 g/mol. The Balaban J connectivity index is 1.65. The molecule has 1 saturated heterocycles. The van der Waals surface area contributed by atoms with Crippen LogP contribution in [-0.2, 0) is 15.9 Å². The molecule has 122 valence electrons. The molecule has 1 heterocycles. The van der Waals surface area contributed by atoms with Gasteiger partial charge in [0.25, 0.3) is 0 Å². The van der Waals surface area contributed by atoms with Gasteiger partial charge in [-0.05, 0) is 31.2 Å². The van der Waals surface area contributed by atoms with Gasteiger partial charge in [-0.15, -0.1) is 0 Å². The number of benzene rings is 1. The van der Waals surface area contributed by atoms with Gasteiger partial charge in [0.1, 0.15) is 0 Å². The van der Waals surface area contributed by atoms with Crippen molar-refractivity contribution < 1.29 is 14.3 Å². The van der Waals surface area contributed by atoms with Crippen molar-refractivity contribution in [1.82, 2.24) is 0 Å². The summed E-state index contributed by atoms with van der Waals surface area (Å²) in [6, 6.07) is 7.96. The largest absolute Gasteiger partial charge is 0.352 e. The van der Waals surface area contributed by atoms with Crippen LogP contribution in [0.15, 0.2) is 24.3 Å². The summed E-state index contributed by atoms with van der Waals surface area (Å²) in [5.74, 6) is 0.231. The van der Waals surface area contributed by atoms with Crippen LogP contribution in [0.3, 0.4) is 0 Å². The number of carbonyl (C=O) groups excluding carboxylic acids is 1. The Bertz CT molecular complexity index is 466. The predicted octanol–water partition coefficient (Wildman–Crippen LogP) is 4.39. The molecule has 0 atom stereocenters. The Morgan fingerprint density at radius 2 is 1.77 bits per heavy atom. The second-order valence-corrected chi connectivity index (χ2v) is 6.94. The van der Waals surface area contributed by atoms with Gasteiger partial charge >= 0.3 is 0 Å². The Morgan fingerprint density at radius 1 is 1.14 bits per heavy atom. The zero-order valence-corrected chi connectivity index (χ0v) is 14.1. The van der Waals surface area contributed by atoms with Gasteiger partial charge in [0.05, 0.1) is 13.2 Å². The van der Waals surface area contributed by atoms with Gasteiger partial charge in [0.15, 0.2) is 12.1 Å². The summed E-state index contributed by atoms with van der Waals surface area (Å²) >= 11 is 0. The number of carbonyl (C=O) groups is 1. The Labute approximate surface area is 134 Å². The van der Waals surface area contributed by atoms with E-state index in [0.717, 1.165) is 44.5 Å². The molecule has 0 saturated carbocycles. The molecule has 22 heavy (non-hydrogen) atoms. The Kier molecular flexibility index (Phi) is 6.16. The van der Waals surface area contributed by atoms with E-state index < -0.39 is 0 Å². The van der Waals surface area contributed by atoms with Crippen molar-refractivity contribution in [3.05, 3.63) is 35.4 Å². The lowest BCUT2D eigenvalue weighted by Crippen LogP contribution is -2.37. The quantitative estimate of drug-likeness (QED) is 0.553. The number of ketones is 1. The summed E-state index contributed by atoms with van der Waals surface area (Å²) in [4.78, 5) is 12.1. The predicted molar refractivity (Wildman–Crippen MR) is 88.1 cm³/mol. The molecule has 3 heteroatoms. The second kappa shape index (κ2) is 7.89. The topological polar surface area (TPSA) is 35.5 Å². The molecule has 0 bridgehead atoms. The molecule has 1 aromatic rings. The summed E-state index contributed by atoms with van der Waals surface area (Å²) in [6.07, 6.45) is 4.24. The minimum Gasteiger partial charge on any atom is -0.352 e. The van der Waals surface area contributed by atoms with Crippen LogP contribution in [0.25, 0.3) is 0 Å². The van der Waals surface area contributed by atoms with Crippen LogP contribution in [0.5, 0.6) is 0 Å². The van der Waals surface area contributed by atoms with Crippen molar-refractivity contribution in [1.29, 1.82) is 0 Å². The lowest BCUT2D eigenvalue weighted by atomic mass is 9.95. The van der Waals surface area contributed by atoms with Crippen LogP contribution in [0.4, 0.5) is 0 Å². The minimum absolute atomic E-state index is 0.0908. The standard InChI is InChI=1S/C19H28O3/c1-4-15-9-11-16(12-10-15)17(20)7-5-6-8-18-21-13-19(2,3)14-22-18/h9-12,18H,4-8,13-14H2,1-3H3. The van der Waals surface area contributed by atoms with E-state index in [0.29, 0.717) is 6.42 Å². The van der Waals surface area contributed by atoms with Gasteiger partial charge in [-0.1, -0.05) is 45.0 Å². The van der Waals surface area contributed by atoms with Gasteiger partial charge < -0.3 is 9.47 Å². The average molecular weight is 304 g/mol. The summed E-state index contributed by atoms with van der Waals surface area (Å²) in [5, 5.41) is 0. The molecule has 0 aromatic heterocycles. The lowest BCUT2D eigenvalue weighted by molar-refractivity contribution is -0.224. The molecule has 3 nitrogen and oxygen atoms in total. The van der Waals surface area contributed by atoms with Crippen molar-refractivity contribution in [2.24, 2.45) is 5.41 Å². The van der Waals surface area contributed by atoms with Crippen molar-refractivity contribution in [3.8, 4) is 0 Å². The third-order valence-electron chi connectivity index (χ3n) is 4.10. The van der Waals surface area contributed by atoms with Crippen molar-refractivity contribution in [2.75, 3.05) is 13.2 Å². The number of rotatable bonds is 7. The second-order valence-electron chi connectivity index (χ2n) is 6.94. The van der Waals surface area contributed by atoms with Crippen molar-refractivity contribution in [2.45, 2.75) is 59.2 Å². The summed E-state index contributed by atoms with van der Waals surface area (Å²) in [6.45, 7) is 7.91. The van der Waals surface area contributed by atoms with Gasteiger partial charge in [0, 0.05) is 17.4 Å². The SMILES string of the molecule is CCc1ccc(C(=O)CCCCC2OCC(C)(C)CO2)cc1. The normalized spacial score (nSPS) is 18.3. The molecule has 0 spiro atoms. The maximum absolute atomic E-state index is 12.1. The molecule has 0 aliphatic carbocycles. The lowest BCUT2D eigenvalue weighted by Gasteiger charge is -2.34. The van der Waals surface area contributed by atoms with Crippen LogP contribution in [0.2, 0.25) is 0 Å². The molecule has 0 amide bonds. The molecule has 1 aliphatic heterocycles. The molecule has 2 rings (SSSR count). The molecule has 1 fully saturated rings. The number of hydrogen-bond donors (Lipinski definition) is 0. The molecule has 0 unspecified atom stereocenters. The fourth-order valence-electron chi connectivity index (χ4n) is 2.56. The smallest absolute Gasteiger partial charge is 0.162 e. The highest BCUT2D eigenvalue weighted by Gasteiger charge is 2.27. The van der Waals surface area contributed by atoms with E-state index in [1.807, 2.05) is 24.3 Å². The number of Topliss-reactive ketones (excluding diaryl/α,β-unsaturated/α-hetero) is 1. The number of aryl methyl sites for hydroxylation is 1. The highest BCUT2D eigenvalue weighted by atomic mass is 16.7. The first-order valence-corrected chi connectivity index (χ1v) is 8.35. The maximum Gasteiger partial charge on any atom is 0.162 e. The first kappa shape index (κ1) is 17.2. The van der Waals surface area contributed by atoms with Crippen molar-refractivity contribution >= 4 is 5.78 Å². The third-order valence-corrected chi connectivity index (χ3v) is 4.10. The average Bonchev–Trinajstić information content (AvgIpc) is 2.52. The summed E-state index contributed by atoms with van der Waals surface area (Å²) < 4.78 is 11.4. The molecule has 1 aromatic carbocycles. The summed E-state index contributed by atoms with van der Waals surface area (Å²) in [7, 11) is 0.